The van der Waals surface area contributed by atoms with Crippen LogP contribution in [-0.2, 0) is 0 Å². The van der Waals surface area contributed by atoms with Gasteiger partial charge in [-0.15, -0.1) is 11.3 Å². The molecule has 0 aliphatic carbocycles. The molecule has 49 valence electrons. The molecule has 0 aliphatic heterocycles. The smallest absolute Gasteiger partial charge is 0.0912 e. The average Bonchev–Trinajstić information content (AvgIpc) is 2.15. The van der Waals surface area contributed by atoms with Gasteiger partial charge in [-0.1, -0.05) is 0 Å². The van der Waals surface area contributed by atoms with Crippen molar-refractivity contribution in [3.05, 3.63) is 23.4 Å². The first-order valence-electron chi connectivity index (χ1n) is 2.83. The van der Waals surface area contributed by atoms with Crippen LogP contribution in [0.1, 0.15) is 11.1 Å². The van der Waals surface area contributed by atoms with E-state index in [2.05, 4.69) is 24.5 Å². The van der Waals surface area contributed by atoms with E-state index in [9.17, 15) is 0 Å². The summed E-state index contributed by atoms with van der Waals surface area (Å²) in [7, 11) is 1.93. The SMILES string of the molecule is [CH2]c1csc(NC)c1C. The van der Waals surface area contributed by atoms with Gasteiger partial charge in [0.2, 0.25) is 0 Å². The van der Waals surface area contributed by atoms with E-state index in [0.717, 1.165) is 5.56 Å². The third-order valence-corrected chi connectivity index (χ3v) is 2.52. The van der Waals surface area contributed by atoms with Gasteiger partial charge in [0.15, 0.2) is 0 Å². The largest absolute Gasteiger partial charge is 0.380 e. The van der Waals surface area contributed by atoms with Gasteiger partial charge in [0, 0.05) is 7.05 Å². The Balaban J connectivity index is 3.04. The van der Waals surface area contributed by atoms with Crippen molar-refractivity contribution in [3.63, 3.8) is 0 Å². The van der Waals surface area contributed by atoms with E-state index in [1.165, 1.54) is 10.6 Å². The molecule has 0 unspecified atom stereocenters. The molecule has 2 heteroatoms. The van der Waals surface area contributed by atoms with Gasteiger partial charge in [-0.05, 0) is 30.4 Å². The first kappa shape index (κ1) is 6.62. The Morgan fingerprint density at radius 1 is 1.67 bits per heavy atom. The minimum atomic E-state index is 1.13. The molecule has 1 radical (unpaired) electrons. The van der Waals surface area contributed by atoms with Crippen molar-refractivity contribution in [1.82, 2.24) is 0 Å². The van der Waals surface area contributed by atoms with Crippen LogP contribution < -0.4 is 5.32 Å². The summed E-state index contributed by atoms with van der Waals surface area (Å²) in [6.07, 6.45) is 0. The third kappa shape index (κ3) is 1.08. The summed E-state index contributed by atoms with van der Waals surface area (Å²) in [5, 5.41) is 6.37. The van der Waals surface area contributed by atoms with Crippen LogP contribution in [0.4, 0.5) is 5.00 Å². The highest BCUT2D eigenvalue weighted by atomic mass is 32.1. The maximum atomic E-state index is 3.86. The van der Waals surface area contributed by atoms with Crippen LogP contribution in [0.3, 0.4) is 0 Å². The number of hydrogen-bond donors (Lipinski definition) is 1. The molecule has 1 rings (SSSR count). The Morgan fingerprint density at radius 3 is 2.56 bits per heavy atom. The van der Waals surface area contributed by atoms with E-state index < -0.39 is 0 Å². The molecule has 0 saturated heterocycles. The molecule has 0 spiro atoms. The van der Waals surface area contributed by atoms with Crippen LogP contribution in [0.5, 0.6) is 0 Å². The van der Waals surface area contributed by atoms with Crippen molar-refractivity contribution in [2.45, 2.75) is 6.92 Å². The molecule has 0 atom stereocenters. The molecule has 9 heavy (non-hydrogen) atoms. The van der Waals surface area contributed by atoms with Crippen molar-refractivity contribution in [2.75, 3.05) is 12.4 Å². The summed E-state index contributed by atoms with van der Waals surface area (Å²) in [6, 6.07) is 0. The van der Waals surface area contributed by atoms with Gasteiger partial charge >= 0.3 is 0 Å². The van der Waals surface area contributed by atoms with E-state index in [1.807, 2.05) is 7.05 Å². The lowest BCUT2D eigenvalue weighted by atomic mass is 10.2. The lowest BCUT2D eigenvalue weighted by molar-refractivity contribution is 1.45. The predicted molar refractivity (Wildman–Crippen MR) is 43.1 cm³/mol. The summed E-state index contributed by atoms with van der Waals surface area (Å²) < 4.78 is 0. The Kier molecular flexibility index (Phi) is 1.76. The molecule has 1 heterocycles. The molecule has 1 N–H and O–H groups in total. The molecule has 0 saturated carbocycles. The maximum Gasteiger partial charge on any atom is 0.0912 e. The summed E-state index contributed by atoms with van der Waals surface area (Å²) in [4.78, 5) is 0. The van der Waals surface area contributed by atoms with Crippen molar-refractivity contribution in [3.8, 4) is 0 Å². The monoisotopic (exact) mass is 140 g/mol. The highest BCUT2D eigenvalue weighted by Gasteiger charge is 1.99. The van der Waals surface area contributed by atoms with E-state index >= 15 is 0 Å². The summed E-state index contributed by atoms with van der Waals surface area (Å²) in [5.41, 5.74) is 2.40. The fourth-order valence-electron chi connectivity index (χ4n) is 0.699. The standard InChI is InChI=1S/C7H10NS/c1-5-4-9-7(8-3)6(5)2/h4,8H,1H2,2-3H3. The van der Waals surface area contributed by atoms with Crippen molar-refractivity contribution in [2.24, 2.45) is 0 Å². The fraction of sp³-hybridized carbons (Fsp3) is 0.286. The number of thiophene rings is 1. The van der Waals surface area contributed by atoms with Gasteiger partial charge in [-0.3, -0.25) is 0 Å². The molecule has 1 aromatic rings. The fourth-order valence-corrected chi connectivity index (χ4v) is 1.56. The van der Waals surface area contributed by atoms with Gasteiger partial charge in [-0.2, -0.15) is 0 Å². The zero-order chi connectivity index (χ0) is 6.85. The van der Waals surface area contributed by atoms with Crippen molar-refractivity contribution in [1.29, 1.82) is 0 Å². The van der Waals surface area contributed by atoms with Crippen LogP contribution >= 0.6 is 11.3 Å². The number of anilines is 1. The second kappa shape index (κ2) is 2.40. The highest BCUT2D eigenvalue weighted by molar-refractivity contribution is 7.14. The Hall–Kier alpha value is -0.500. The van der Waals surface area contributed by atoms with Crippen LogP contribution in [-0.4, -0.2) is 7.05 Å². The van der Waals surface area contributed by atoms with Crippen LogP contribution in [0.2, 0.25) is 0 Å². The van der Waals surface area contributed by atoms with Crippen LogP contribution in [0.25, 0.3) is 0 Å². The Bertz CT molecular complexity index is 203. The van der Waals surface area contributed by atoms with Gasteiger partial charge in [-0.25, -0.2) is 0 Å². The maximum absolute atomic E-state index is 3.86. The summed E-state index contributed by atoms with van der Waals surface area (Å²) in [6.45, 7) is 5.93. The predicted octanol–water partition coefficient (Wildman–Crippen LogP) is 2.28. The molecule has 0 fully saturated rings. The molecule has 0 bridgehead atoms. The second-order valence-electron chi connectivity index (χ2n) is 1.97. The Morgan fingerprint density at radius 2 is 2.33 bits per heavy atom. The van der Waals surface area contributed by atoms with Gasteiger partial charge in [0.25, 0.3) is 0 Å². The van der Waals surface area contributed by atoms with Crippen LogP contribution in [0, 0.1) is 13.8 Å². The number of nitrogens with one attached hydrogen (secondary N) is 1. The third-order valence-electron chi connectivity index (χ3n) is 1.37. The molecule has 1 nitrogen and oxygen atoms in total. The first-order chi connectivity index (χ1) is 4.25. The molecular weight excluding hydrogens is 130 g/mol. The second-order valence-corrected chi connectivity index (χ2v) is 2.84. The van der Waals surface area contributed by atoms with Gasteiger partial charge < -0.3 is 5.32 Å². The zero-order valence-electron chi connectivity index (χ0n) is 5.69. The first-order valence-corrected chi connectivity index (χ1v) is 3.71. The molecule has 0 amide bonds. The number of hydrogen-bond acceptors (Lipinski definition) is 2. The van der Waals surface area contributed by atoms with E-state index in [-0.39, 0.29) is 0 Å². The molecule has 1 aromatic heterocycles. The zero-order valence-corrected chi connectivity index (χ0v) is 6.51. The Labute approximate surface area is 59.7 Å². The van der Waals surface area contributed by atoms with Crippen molar-refractivity contribution < 1.29 is 0 Å². The minimum absolute atomic E-state index is 1.13. The van der Waals surface area contributed by atoms with Gasteiger partial charge in [0.05, 0.1) is 5.00 Å². The normalized spacial score (nSPS) is 9.67. The van der Waals surface area contributed by atoms with Crippen LogP contribution in [0.15, 0.2) is 5.38 Å². The van der Waals surface area contributed by atoms with Crippen molar-refractivity contribution >= 4 is 16.3 Å². The quantitative estimate of drug-likeness (QED) is 0.631. The summed E-state index contributed by atoms with van der Waals surface area (Å²) in [5.74, 6) is 0. The molecule has 0 aliphatic rings. The van der Waals surface area contributed by atoms with Gasteiger partial charge in [0.1, 0.15) is 0 Å². The highest BCUT2D eigenvalue weighted by Crippen LogP contribution is 2.25. The molecular formula is C7H10NS. The molecule has 0 aromatic carbocycles. The number of rotatable bonds is 1. The summed E-state index contributed by atoms with van der Waals surface area (Å²) >= 11 is 1.70. The van der Waals surface area contributed by atoms with E-state index in [0.29, 0.717) is 0 Å². The average molecular weight is 140 g/mol. The van der Waals surface area contributed by atoms with E-state index in [4.69, 9.17) is 0 Å². The lowest BCUT2D eigenvalue weighted by Gasteiger charge is -1.94. The topological polar surface area (TPSA) is 12.0 Å². The lowest BCUT2D eigenvalue weighted by Crippen LogP contribution is -1.85. The minimum Gasteiger partial charge on any atom is -0.380 e. The van der Waals surface area contributed by atoms with E-state index in [1.54, 1.807) is 11.3 Å².